The lowest BCUT2D eigenvalue weighted by molar-refractivity contribution is 0.261. The molecule has 1 saturated heterocycles. The van der Waals surface area contributed by atoms with Gasteiger partial charge in [-0.25, -0.2) is 0 Å². The molecule has 0 spiro atoms. The molecule has 0 bridgehead atoms. The third-order valence-electron chi connectivity index (χ3n) is 1.92. The van der Waals surface area contributed by atoms with Crippen LogP contribution in [0.15, 0.2) is 0 Å². The topological polar surface area (TPSA) is 26.3 Å². The molecule has 2 nitrogen and oxygen atoms in total. The Morgan fingerprint density at radius 1 is 1.75 bits per heavy atom. The second-order valence-electron chi connectivity index (χ2n) is 3.48. The third-order valence-corrected chi connectivity index (χ3v) is 6.34. The molecule has 0 aromatic carbocycles. The summed E-state index contributed by atoms with van der Waals surface area (Å²) in [6.45, 7) is 3.66. The molecule has 1 heterocycles. The normalized spacial score (nSPS) is 40.3. The number of rotatable bonds is 0. The predicted molar refractivity (Wildman–Crippen MR) is 53.5 cm³/mol. The minimum atomic E-state index is -2.44. The van der Waals surface area contributed by atoms with E-state index >= 15 is 0 Å². The van der Waals surface area contributed by atoms with Gasteiger partial charge in [0.1, 0.15) is 0 Å². The summed E-state index contributed by atoms with van der Waals surface area (Å²) in [6, 6.07) is 0. The van der Waals surface area contributed by atoms with E-state index in [-0.39, 0.29) is 10.7 Å². The Kier molecular flexibility index (Phi) is 2.63. The molecule has 1 rings (SSSR count). The molecule has 1 aliphatic heterocycles. The Balaban J connectivity index is 2.83. The fourth-order valence-electron chi connectivity index (χ4n) is 1.18. The fourth-order valence-corrected chi connectivity index (χ4v) is 6.05. The zero-order valence-corrected chi connectivity index (χ0v) is 9.24. The van der Waals surface area contributed by atoms with E-state index in [4.69, 9.17) is 10.9 Å². The summed E-state index contributed by atoms with van der Waals surface area (Å²) >= 11 is 1.37. The molecule has 0 radical (unpaired) electrons. The highest BCUT2D eigenvalue weighted by atomic mass is 32.7. The van der Waals surface area contributed by atoms with Crippen LogP contribution in [0.4, 0.5) is 0 Å². The summed E-state index contributed by atoms with van der Waals surface area (Å²) < 4.78 is 16.6. The molecule has 2 unspecified atom stereocenters. The first-order valence-corrected chi connectivity index (χ1v) is 7.26. The average Bonchev–Trinajstić information content (AvgIpc) is 1.83. The highest BCUT2D eigenvalue weighted by molar-refractivity contribution is 8.57. The van der Waals surface area contributed by atoms with Crippen LogP contribution in [0.2, 0.25) is 0 Å². The van der Waals surface area contributed by atoms with Gasteiger partial charge >= 0.3 is 0 Å². The summed E-state index contributed by atoms with van der Waals surface area (Å²) in [4.78, 5) is 0. The molecule has 0 amide bonds. The molecule has 2 atom stereocenters. The largest absolute Gasteiger partial charge is 0.320 e. The Labute approximate surface area is 77.6 Å². The predicted octanol–water partition coefficient (Wildman–Crippen LogP) is 2.60. The Morgan fingerprint density at radius 2 is 2.33 bits per heavy atom. The smallest absolute Gasteiger partial charge is 0.255 e. The summed E-state index contributed by atoms with van der Waals surface area (Å²) in [5.74, 6) is 2.72. The maximum Gasteiger partial charge on any atom is 0.255 e. The van der Waals surface area contributed by atoms with Crippen LogP contribution in [0.5, 0.6) is 0 Å². The van der Waals surface area contributed by atoms with Crippen molar-refractivity contribution in [2.24, 2.45) is 5.92 Å². The average molecular weight is 204 g/mol. The second-order valence-corrected chi connectivity index (χ2v) is 9.05. The third kappa shape index (κ3) is 2.07. The van der Waals surface area contributed by atoms with Crippen molar-refractivity contribution in [2.75, 3.05) is 13.3 Å². The van der Waals surface area contributed by atoms with Gasteiger partial charge < -0.3 is 4.52 Å². The van der Waals surface area contributed by atoms with Gasteiger partial charge in [-0.3, -0.25) is 4.57 Å². The van der Waals surface area contributed by atoms with Gasteiger partial charge in [-0.15, -0.1) is 6.42 Å². The number of terminal acetylenes is 1. The van der Waals surface area contributed by atoms with Crippen molar-refractivity contribution in [3.05, 3.63) is 0 Å². The Hall–Kier alpha value is 0.100. The van der Waals surface area contributed by atoms with Crippen LogP contribution >= 0.6 is 18.0 Å². The zero-order valence-electron chi connectivity index (χ0n) is 7.53. The van der Waals surface area contributed by atoms with E-state index in [1.807, 2.05) is 13.8 Å². The van der Waals surface area contributed by atoms with Crippen molar-refractivity contribution in [3.8, 4) is 12.3 Å². The summed E-state index contributed by atoms with van der Waals surface area (Å²) in [5, 5.41) is 0. The molecule has 0 aromatic heterocycles. The van der Waals surface area contributed by atoms with E-state index in [1.54, 1.807) is 6.66 Å². The highest BCUT2D eigenvalue weighted by Gasteiger charge is 2.41. The molecule has 12 heavy (non-hydrogen) atoms. The van der Waals surface area contributed by atoms with Gasteiger partial charge in [-0.2, -0.15) is 0 Å². The summed E-state index contributed by atoms with van der Waals surface area (Å²) in [6.07, 6.45) is 5.33. The molecule has 68 valence electrons. The molecule has 0 aromatic rings. The van der Waals surface area contributed by atoms with Gasteiger partial charge in [-0.05, 0) is 13.8 Å². The summed E-state index contributed by atoms with van der Waals surface area (Å²) in [7, 11) is 0. The van der Waals surface area contributed by atoms with Crippen LogP contribution in [0, 0.1) is 18.3 Å². The minimum absolute atomic E-state index is 0.0597. The first-order valence-electron chi connectivity index (χ1n) is 3.76. The standard InChI is InChI=1S/C8H13O2PS/c1-5-7-6-10-11(4,9)12-8(7,2)3/h1,7H,6H2,2-4H3. The van der Waals surface area contributed by atoms with Gasteiger partial charge in [0.15, 0.2) is 0 Å². The van der Waals surface area contributed by atoms with E-state index in [0.717, 1.165) is 0 Å². The lowest BCUT2D eigenvalue weighted by Crippen LogP contribution is -2.33. The Bertz CT molecular complexity index is 267. The van der Waals surface area contributed by atoms with Crippen molar-refractivity contribution in [1.82, 2.24) is 0 Å². The summed E-state index contributed by atoms with van der Waals surface area (Å²) in [5.41, 5.74) is 0. The van der Waals surface area contributed by atoms with E-state index < -0.39 is 6.57 Å². The monoisotopic (exact) mass is 204 g/mol. The second kappa shape index (κ2) is 3.10. The quantitative estimate of drug-likeness (QED) is 0.448. The number of hydrogen-bond acceptors (Lipinski definition) is 3. The zero-order chi connectivity index (χ0) is 9.41. The van der Waals surface area contributed by atoms with Crippen LogP contribution in [0.3, 0.4) is 0 Å². The molecule has 4 heteroatoms. The maximum atomic E-state index is 11.6. The Morgan fingerprint density at radius 3 is 2.75 bits per heavy atom. The fraction of sp³-hybridized carbons (Fsp3) is 0.750. The molecule has 0 N–H and O–H groups in total. The van der Waals surface area contributed by atoms with Crippen molar-refractivity contribution in [2.45, 2.75) is 18.6 Å². The van der Waals surface area contributed by atoms with Crippen LogP contribution < -0.4 is 0 Å². The molecule has 1 aliphatic rings. The van der Waals surface area contributed by atoms with E-state index in [1.165, 1.54) is 11.4 Å². The van der Waals surface area contributed by atoms with Crippen molar-refractivity contribution in [3.63, 3.8) is 0 Å². The number of hydrogen-bond donors (Lipinski definition) is 0. The maximum absolute atomic E-state index is 11.6. The van der Waals surface area contributed by atoms with Crippen molar-refractivity contribution in [1.29, 1.82) is 0 Å². The highest BCUT2D eigenvalue weighted by Crippen LogP contribution is 2.66. The van der Waals surface area contributed by atoms with Crippen molar-refractivity contribution < 1.29 is 9.09 Å². The van der Waals surface area contributed by atoms with Gasteiger partial charge in [-0.1, -0.05) is 17.3 Å². The van der Waals surface area contributed by atoms with Crippen LogP contribution in [0.25, 0.3) is 0 Å². The molecular formula is C8H13O2PS. The molecular weight excluding hydrogens is 191 g/mol. The van der Waals surface area contributed by atoms with Gasteiger partial charge in [0, 0.05) is 11.4 Å². The van der Waals surface area contributed by atoms with Crippen LogP contribution in [-0.4, -0.2) is 18.0 Å². The van der Waals surface area contributed by atoms with Crippen molar-refractivity contribution >= 4 is 18.0 Å². The minimum Gasteiger partial charge on any atom is -0.320 e. The van der Waals surface area contributed by atoms with E-state index in [2.05, 4.69) is 5.92 Å². The first-order chi connectivity index (χ1) is 5.37. The molecule has 0 aliphatic carbocycles. The van der Waals surface area contributed by atoms with Crippen LogP contribution in [-0.2, 0) is 9.09 Å². The lowest BCUT2D eigenvalue weighted by Gasteiger charge is -2.37. The molecule has 0 saturated carbocycles. The van der Waals surface area contributed by atoms with E-state index in [9.17, 15) is 4.57 Å². The first kappa shape index (κ1) is 10.2. The van der Waals surface area contributed by atoms with Gasteiger partial charge in [0.25, 0.3) is 6.57 Å². The molecule has 1 fully saturated rings. The lowest BCUT2D eigenvalue weighted by atomic mass is 9.97. The van der Waals surface area contributed by atoms with Gasteiger partial charge in [0.2, 0.25) is 0 Å². The van der Waals surface area contributed by atoms with Crippen LogP contribution in [0.1, 0.15) is 13.8 Å². The van der Waals surface area contributed by atoms with E-state index in [0.29, 0.717) is 6.61 Å². The van der Waals surface area contributed by atoms with Gasteiger partial charge in [0.05, 0.1) is 12.5 Å². The SMILES string of the molecule is C#CC1COP(C)(=O)SC1(C)C.